The molecule has 0 saturated carbocycles. The van der Waals surface area contributed by atoms with Gasteiger partial charge in [-0.25, -0.2) is 4.39 Å². The standard InChI is InChI=1S/C14H13BrFNOS/c1-2-17(9-10-7-8-13(15)19-10)14(18)11-5-3-4-6-12(11)16/h3-8H,2,9H2,1H3. The fourth-order valence-electron chi connectivity index (χ4n) is 1.76. The van der Waals surface area contributed by atoms with Gasteiger partial charge in [0.2, 0.25) is 0 Å². The van der Waals surface area contributed by atoms with E-state index in [0.717, 1.165) is 8.66 Å². The smallest absolute Gasteiger partial charge is 0.257 e. The van der Waals surface area contributed by atoms with Gasteiger partial charge in [0.05, 0.1) is 15.9 Å². The molecule has 1 aromatic heterocycles. The van der Waals surface area contributed by atoms with Crippen LogP contribution in [-0.2, 0) is 6.54 Å². The van der Waals surface area contributed by atoms with E-state index in [4.69, 9.17) is 0 Å². The fraction of sp³-hybridized carbons (Fsp3) is 0.214. The number of thiophene rings is 1. The molecule has 0 atom stereocenters. The third-order valence-electron chi connectivity index (χ3n) is 2.75. The predicted molar refractivity (Wildman–Crippen MR) is 78.8 cm³/mol. The van der Waals surface area contributed by atoms with E-state index < -0.39 is 5.82 Å². The minimum atomic E-state index is -0.474. The normalized spacial score (nSPS) is 10.5. The van der Waals surface area contributed by atoms with Crippen LogP contribution in [0.5, 0.6) is 0 Å². The van der Waals surface area contributed by atoms with Gasteiger partial charge in [-0.2, -0.15) is 0 Å². The van der Waals surface area contributed by atoms with E-state index in [9.17, 15) is 9.18 Å². The Hall–Kier alpha value is -1.20. The van der Waals surface area contributed by atoms with E-state index in [2.05, 4.69) is 15.9 Å². The second-order valence-corrected chi connectivity index (χ2v) is 6.55. The molecule has 1 amide bonds. The van der Waals surface area contributed by atoms with Gasteiger partial charge in [-0.3, -0.25) is 4.79 Å². The van der Waals surface area contributed by atoms with Crippen LogP contribution in [0, 0.1) is 5.82 Å². The highest BCUT2D eigenvalue weighted by molar-refractivity contribution is 9.11. The molecule has 0 N–H and O–H groups in total. The Morgan fingerprint density at radius 3 is 2.63 bits per heavy atom. The van der Waals surface area contributed by atoms with Gasteiger partial charge >= 0.3 is 0 Å². The fourth-order valence-corrected chi connectivity index (χ4v) is 3.26. The lowest BCUT2D eigenvalue weighted by molar-refractivity contribution is 0.0749. The highest BCUT2D eigenvalue weighted by Crippen LogP contribution is 2.24. The Kier molecular flexibility index (Phi) is 4.71. The second-order valence-electron chi connectivity index (χ2n) is 4.00. The van der Waals surface area contributed by atoms with Crippen LogP contribution in [0.2, 0.25) is 0 Å². The predicted octanol–water partition coefficient (Wildman–Crippen LogP) is 4.31. The molecule has 0 radical (unpaired) electrons. The number of rotatable bonds is 4. The number of carbonyl (C=O) groups excluding carboxylic acids is 1. The molecule has 5 heteroatoms. The summed E-state index contributed by atoms with van der Waals surface area (Å²) in [6.07, 6.45) is 0. The number of hydrogen-bond donors (Lipinski definition) is 0. The zero-order valence-corrected chi connectivity index (χ0v) is 12.8. The quantitative estimate of drug-likeness (QED) is 0.811. The summed E-state index contributed by atoms with van der Waals surface area (Å²) in [7, 11) is 0. The van der Waals surface area contributed by atoms with Crippen LogP contribution in [-0.4, -0.2) is 17.4 Å². The van der Waals surface area contributed by atoms with Crippen molar-refractivity contribution in [3.63, 3.8) is 0 Å². The zero-order valence-electron chi connectivity index (χ0n) is 10.4. The summed E-state index contributed by atoms with van der Waals surface area (Å²) in [4.78, 5) is 15.0. The maximum absolute atomic E-state index is 13.6. The number of hydrogen-bond acceptors (Lipinski definition) is 2. The van der Waals surface area contributed by atoms with Crippen molar-refractivity contribution in [3.8, 4) is 0 Å². The SMILES string of the molecule is CCN(Cc1ccc(Br)s1)C(=O)c1ccccc1F. The van der Waals surface area contributed by atoms with E-state index in [1.165, 1.54) is 12.1 Å². The van der Waals surface area contributed by atoms with Crippen LogP contribution in [0.1, 0.15) is 22.2 Å². The van der Waals surface area contributed by atoms with Gasteiger partial charge in [0.25, 0.3) is 5.91 Å². The van der Waals surface area contributed by atoms with Crippen molar-refractivity contribution >= 4 is 33.2 Å². The van der Waals surface area contributed by atoms with Crippen molar-refractivity contribution in [1.29, 1.82) is 0 Å². The van der Waals surface area contributed by atoms with Crippen molar-refractivity contribution in [2.75, 3.05) is 6.54 Å². The van der Waals surface area contributed by atoms with E-state index in [1.807, 2.05) is 19.1 Å². The Morgan fingerprint density at radius 2 is 2.05 bits per heavy atom. The third kappa shape index (κ3) is 3.42. The first-order chi connectivity index (χ1) is 9.11. The second kappa shape index (κ2) is 6.30. The van der Waals surface area contributed by atoms with Gasteiger partial charge in [0, 0.05) is 11.4 Å². The molecular formula is C14H13BrFNOS. The van der Waals surface area contributed by atoms with Gasteiger partial charge < -0.3 is 4.90 Å². The molecule has 0 aliphatic rings. The van der Waals surface area contributed by atoms with Crippen molar-refractivity contribution in [2.45, 2.75) is 13.5 Å². The molecule has 2 rings (SSSR count). The Balaban J connectivity index is 2.18. The highest BCUT2D eigenvalue weighted by atomic mass is 79.9. The summed E-state index contributed by atoms with van der Waals surface area (Å²) in [5.41, 5.74) is 0.125. The molecule has 0 saturated heterocycles. The van der Waals surface area contributed by atoms with Crippen molar-refractivity contribution in [2.24, 2.45) is 0 Å². The lowest BCUT2D eigenvalue weighted by atomic mass is 10.2. The average molecular weight is 342 g/mol. The minimum absolute atomic E-state index is 0.125. The number of benzene rings is 1. The number of nitrogens with zero attached hydrogens (tertiary/aromatic N) is 1. The van der Waals surface area contributed by atoms with E-state index >= 15 is 0 Å². The van der Waals surface area contributed by atoms with Crippen LogP contribution >= 0.6 is 27.3 Å². The van der Waals surface area contributed by atoms with Crippen LogP contribution < -0.4 is 0 Å². The Morgan fingerprint density at radius 1 is 1.32 bits per heavy atom. The van der Waals surface area contributed by atoms with Crippen molar-refractivity contribution in [3.05, 3.63) is 56.4 Å². The van der Waals surface area contributed by atoms with Gasteiger partial charge in [0.1, 0.15) is 5.82 Å². The zero-order chi connectivity index (χ0) is 13.8. The van der Waals surface area contributed by atoms with Gasteiger partial charge in [-0.15, -0.1) is 11.3 Å². The average Bonchev–Trinajstić information content (AvgIpc) is 2.81. The molecular weight excluding hydrogens is 329 g/mol. The monoisotopic (exact) mass is 341 g/mol. The number of halogens is 2. The van der Waals surface area contributed by atoms with Crippen LogP contribution in [0.15, 0.2) is 40.2 Å². The summed E-state index contributed by atoms with van der Waals surface area (Å²) < 4.78 is 14.7. The summed E-state index contributed by atoms with van der Waals surface area (Å²) in [6, 6.07) is 9.99. The molecule has 0 aliphatic carbocycles. The number of carbonyl (C=O) groups is 1. The summed E-state index contributed by atoms with van der Waals surface area (Å²) >= 11 is 4.97. The molecule has 0 unspecified atom stereocenters. The molecule has 2 nitrogen and oxygen atoms in total. The third-order valence-corrected chi connectivity index (χ3v) is 4.36. The summed E-state index contributed by atoms with van der Waals surface area (Å²) in [5.74, 6) is -0.747. The van der Waals surface area contributed by atoms with Crippen LogP contribution in [0.3, 0.4) is 0 Å². The molecule has 0 fully saturated rings. The maximum Gasteiger partial charge on any atom is 0.257 e. The topological polar surface area (TPSA) is 20.3 Å². The molecule has 0 bridgehead atoms. The van der Waals surface area contributed by atoms with Crippen LogP contribution in [0.25, 0.3) is 0 Å². The largest absolute Gasteiger partial charge is 0.334 e. The Labute approximate surface area is 124 Å². The lowest BCUT2D eigenvalue weighted by Crippen LogP contribution is -2.30. The van der Waals surface area contributed by atoms with Crippen LogP contribution in [0.4, 0.5) is 4.39 Å². The van der Waals surface area contributed by atoms with E-state index in [-0.39, 0.29) is 11.5 Å². The van der Waals surface area contributed by atoms with Gasteiger partial charge in [-0.05, 0) is 47.1 Å². The highest BCUT2D eigenvalue weighted by Gasteiger charge is 2.18. The molecule has 0 aliphatic heterocycles. The van der Waals surface area contributed by atoms with E-state index in [0.29, 0.717) is 13.1 Å². The summed E-state index contributed by atoms with van der Waals surface area (Å²) in [6.45, 7) is 2.93. The molecule has 1 aromatic carbocycles. The molecule has 19 heavy (non-hydrogen) atoms. The molecule has 2 aromatic rings. The van der Waals surface area contributed by atoms with Crippen molar-refractivity contribution in [1.82, 2.24) is 4.90 Å². The van der Waals surface area contributed by atoms with Crippen molar-refractivity contribution < 1.29 is 9.18 Å². The maximum atomic E-state index is 13.6. The first kappa shape index (κ1) is 14.2. The summed E-state index contributed by atoms with van der Waals surface area (Å²) in [5, 5.41) is 0. The molecule has 0 spiro atoms. The Bertz CT molecular complexity index is 584. The molecule has 100 valence electrons. The van der Waals surface area contributed by atoms with Gasteiger partial charge in [-0.1, -0.05) is 12.1 Å². The lowest BCUT2D eigenvalue weighted by Gasteiger charge is -2.20. The minimum Gasteiger partial charge on any atom is -0.334 e. The van der Waals surface area contributed by atoms with Gasteiger partial charge in [0.15, 0.2) is 0 Å². The van der Waals surface area contributed by atoms with E-state index in [1.54, 1.807) is 28.4 Å². The molecule has 1 heterocycles. The number of amides is 1. The first-order valence-electron chi connectivity index (χ1n) is 5.90. The first-order valence-corrected chi connectivity index (χ1v) is 7.50.